The Bertz CT molecular complexity index is 389. The number of hydrogen-bond donors (Lipinski definition) is 0. The molecule has 0 heterocycles. The Hall–Kier alpha value is -0.710. The first kappa shape index (κ1) is 12.7. The van der Waals surface area contributed by atoms with Gasteiger partial charge in [-0.05, 0) is 40.0 Å². The normalized spacial score (nSPS) is 37.2. The molecule has 0 aliphatic heterocycles. The van der Waals surface area contributed by atoms with Crippen LogP contribution in [-0.4, -0.2) is 28.2 Å². The van der Waals surface area contributed by atoms with Crippen LogP contribution in [0.2, 0.25) is 0 Å². The van der Waals surface area contributed by atoms with Gasteiger partial charge >= 0.3 is 5.97 Å². The highest BCUT2D eigenvalue weighted by atomic mass is 32.2. The number of carbonyl (C=O) groups excluding carboxylic acids is 1. The van der Waals surface area contributed by atoms with Crippen molar-refractivity contribution in [1.82, 2.24) is 0 Å². The fourth-order valence-corrected chi connectivity index (χ4v) is 3.39. The Labute approximate surface area is 104 Å². The second-order valence-electron chi connectivity index (χ2n) is 6.26. The summed E-state index contributed by atoms with van der Waals surface area (Å²) in [7, 11) is 0.229. The molecule has 2 bridgehead atoms. The molecule has 0 aromatic heterocycles. The van der Waals surface area contributed by atoms with E-state index >= 15 is 0 Å². The van der Waals surface area contributed by atoms with Crippen LogP contribution in [0.15, 0.2) is 4.40 Å². The predicted molar refractivity (Wildman–Crippen MR) is 67.1 cm³/mol. The SMILES string of the molecule is COC(=O)C12CC(/C=N/S(=O)C(C)(C)C)(C1)C2. The van der Waals surface area contributed by atoms with Crippen molar-refractivity contribution in [2.24, 2.45) is 15.2 Å². The van der Waals surface area contributed by atoms with Crippen LogP contribution in [0, 0.1) is 10.8 Å². The van der Waals surface area contributed by atoms with Crippen LogP contribution in [0.4, 0.5) is 0 Å². The zero-order chi connectivity index (χ0) is 12.9. The highest BCUT2D eigenvalue weighted by Crippen LogP contribution is 2.72. The summed E-state index contributed by atoms with van der Waals surface area (Å²) >= 11 is 0. The maximum absolute atomic E-state index is 11.8. The van der Waals surface area contributed by atoms with Crippen LogP contribution in [0.5, 0.6) is 0 Å². The monoisotopic (exact) mass is 257 g/mol. The minimum Gasteiger partial charge on any atom is -0.469 e. The molecule has 0 spiro atoms. The van der Waals surface area contributed by atoms with Crippen LogP contribution in [0.3, 0.4) is 0 Å². The Morgan fingerprint density at radius 2 is 1.88 bits per heavy atom. The van der Waals surface area contributed by atoms with Crippen molar-refractivity contribution in [2.75, 3.05) is 7.11 Å². The maximum atomic E-state index is 11.8. The molecule has 0 amide bonds. The smallest absolute Gasteiger partial charge is 0.311 e. The molecule has 3 aliphatic carbocycles. The summed E-state index contributed by atoms with van der Waals surface area (Å²) in [5.74, 6) is -0.107. The third-order valence-corrected chi connectivity index (χ3v) is 4.98. The largest absolute Gasteiger partial charge is 0.469 e. The molecule has 1 unspecified atom stereocenters. The van der Waals surface area contributed by atoms with Gasteiger partial charge in [-0.2, -0.15) is 4.40 Å². The van der Waals surface area contributed by atoms with Gasteiger partial charge in [0.1, 0.15) is 11.0 Å². The lowest BCUT2D eigenvalue weighted by Gasteiger charge is -2.66. The summed E-state index contributed by atoms with van der Waals surface area (Å²) in [5.41, 5.74) is -0.223. The topological polar surface area (TPSA) is 55.7 Å². The zero-order valence-corrected chi connectivity index (χ0v) is 11.6. The molecule has 3 aliphatic rings. The standard InChI is InChI=1S/C12H19NO3S/c1-10(2,3)17(15)13-8-11-5-12(6-11,7-11)9(14)16-4/h8H,5-7H2,1-4H3/b13-8+. The molecule has 5 heteroatoms. The van der Waals surface area contributed by atoms with Crippen molar-refractivity contribution in [3.05, 3.63) is 0 Å². The molecule has 0 saturated heterocycles. The molecule has 96 valence electrons. The van der Waals surface area contributed by atoms with E-state index in [1.54, 1.807) is 6.21 Å². The summed E-state index contributed by atoms with van der Waals surface area (Å²) < 4.78 is 20.4. The van der Waals surface area contributed by atoms with E-state index in [4.69, 9.17) is 4.74 Å². The van der Waals surface area contributed by atoms with Crippen LogP contribution < -0.4 is 0 Å². The summed E-state index contributed by atoms with van der Waals surface area (Å²) in [6.07, 6.45) is 4.21. The minimum atomic E-state index is -1.20. The van der Waals surface area contributed by atoms with E-state index in [1.165, 1.54) is 7.11 Å². The number of hydrogen-bond acceptors (Lipinski definition) is 3. The van der Waals surface area contributed by atoms with E-state index in [2.05, 4.69) is 4.40 Å². The summed E-state index contributed by atoms with van der Waals surface area (Å²) in [6, 6.07) is 0. The fourth-order valence-electron chi connectivity index (χ4n) is 2.75. The molecule has 0 aromatic rings. The quantitative estimate of drug-likeness (QED) is 0.573. The lowest BCUT2D eigenvalue weighted by Crippen LogP contribution is -2.66. The Kier molecular flexibility index (Phi) is 2.73. The highest BCUT2D eigenvalue weighted by Gasteiger charge is 2.71. The predicted octanol–water partition coefficient (Wildman–Crippen LogP) is 1.86. The van der Waals surface area contributed by atoms with Gasteiger partial charge in [0.05, 0.1) is 17.3 Å². The molecule has 0 aromatic carbocycles. The molecule has 1 atom stereocenters. The zero-order valence-electron chi connectivity index (χ0n) is 10.8. The number of carbonyl (C=O) groups is 1. The van der Waals surface area contributed by atoms with Crippen LogP contribution in [-0.2, 0) is 20.5 Å². The second-order valence-corrected chi connectivity index (χ2v) is 8.19. The van der Waals surface area contributed by atoms with E-state index in [1.807, 2.05) is 20.8 Å². The van der Waals surface area contributed by atoms with E-state index in [0.717, 1.165) is 19.3 Å². The van der Waals surface area contributed by atoms with Crippen LogP contribution in [0.1, 0.15) is 40.0 Å². The first-order valence-electron chi connectivity index (χ1n) is 5.79. The Morgan fingerprint density at radius 3 is 2.29 bits per heavy atom. The molecular formula is C12H19NO3S. The van der Waals surface area contributed by atoms with Gasteiger partial charge in [0.25, 0.3) is 0 Å². The van der Waals surface area contributed by atoms with E-state index < -0.39 is 11.0 Å². The Balaban J connectivity index is 1.92. The van der Waals surface area contributed by atoms with Crippen LogP contribution >= 0.6 is 0 Å². The van der Waals surface area contributed by atoms with Gasteiger partial charge in [-0.3, -0.25) is 4.79 Å². The number of nitrogens with zero attached hydrogens (tertiary/aromatic N) is 1. The van der Waals surface area contributed by atoms with Gasteiger partial charge in [0.2, 0.25) is 0 Å². The average Bonchev–Trinajstić information content (AvgIpc) is 2.11. The molecule has 3 saturated carbocycles. The molecule has 0 N–H and O–H groups in total. The molecule has 0 radical (unpaired) electrons. The molecule has 3 fully saturated rings. The number of methoxy groups -OCH3 is 1. The van der Waals surface area contributed by atoms with Crippen molar-refractivity contribution in [2.45, 2.75) is 44.8 Å². The molecule has 3 rings (SSSR count). The van der Waals surface area contributed by atoms with Crippen molar-refractivity contribution in [1.29, 1.82) is 0 Å². The molecule has 4 nitrogen and oxygen atoms in total. The van der Waals surface area contributed by atoms with Crippen LogP contribution in [0.25, 0.3) is 0 Å². The first-order valence-corrected chi connectivity index (χ1v) is 6.89. The van der Waals surface area contributed by atoms with Crippen molar-refractivity contribution in [3.8, 4) is 0 Å². The lowest BCUT2D eigenvalue weighted by molar-refractivity contribution is -0.201. The van der Waals surface area contributed by atoms with Gasteiger partial charge in [-0.15, -0.1) is 0 Å². The van der Waals surface area contributed by atoms with E-state index in [0.29, 0.717) is 0 Å². The van der Waals surface area contributed by atoms with E-state index in [9.17, 15) is 9.00 Å². The average molecular weight is 257 g/mol. The minimum absolute atomic E-state index is 0.0229. The maximum Gasteiger partial charge on any atom is 0.311 e. The number of ether oxygens (including phenoxy) is 1. The van der Waals surface area contributed by atoms with Gasteiger partial charge in [0.15, 0.2) is 0 Å². The third-order valence-electron chi connectivity index (χ3n) is 3.64. The summed E-state index contributed by atoms with van der Waals surface area (Å²) in [4.78, 5) is 11.5. The van der Waals surface area contributed by atoms with Crippen molar-refractivity contribution < 1.29 is 13.7 Å². The second kappa shape index (κ2) is 3.64. The first-order chi connectivity index (χ1) is 7.73. The third kappa shape index (κ3) is 1.94. The van der Waals surface area contributed by atoms with Crippen molar-refractivity contribution in [3.63, 3.8) is 0 Å². The number of rotatable bonds is 3. The Morgan fingerprint density at radius 1 is 1.35 bits per heavy atom. The summed E-state index contributed by atoms with van der Waals surface area (Å²) in [6.45, 7) is 5.70. The fraction of sp³-hybridized carbons (Fsp3) is 0.833. The number of esters is 1. The summed E-state index contributed by atoms with van der Waals surface area (Å²) in [5, 5.41) is 0. The van der Waals surface area contributed by atoms with E-state index in [-0.39, 0.29) is 21.5 Å². The lowest BCUT2D eigenvalue weighted by atomic mass is 9.35. The molecule has 17 heavy (non-hydrogen) atoms. The van der Waals surface area contributed by atoms with Crippen molar-refractivity contribution >= 4 is 23.2 Å². The van der Waals surface area contributed by atoms with Gasteiger partial charge in [-0.1, -0.05) is 0 Å². The van der Waals surface area contributed by atoms with Gasteiger partial charge in [-0.25, -0.2) is 4.21 Å². The van der Waals surface area contributed by atoms with Gasteiger partial charge < -0.3 is 4.74 Å². The molecular weight excluding hydrogens is 238 g/mol. The van der Waals surface area contributed by atoms with Gasteiger partial charge in [0, 0.05) is 11.6 Å². The highest BCUT2D eigenvalue weighted by molar-refractivity contribution is 7.85.